The van der Waals surface area contributed by atoms with Crippen LogP contribution in [-0.2, 0) is 6.18 Å². The topological polar surface area (TPSA) is 18.6 Å². The Morgan fingerprint density at radius 1 is 0.382 bits per heavy atom. The van der Waals surface area contributed by atoms with Gasteiger partial charge in [0.2, 0.25) is 0 Å². The molecule has 0 radical (unpaired) electrons. The lowest BCUT2D eigenvalue weighted by Gasteiger charge is -2.21. The van der Waals surface area contributed by atoms with E-state index in [-0.39, 0.29) is 5.69 Å². The standard InChI is InChI=1S/C61H41F3N4/c1-36-26-37(2)29-43(28-36)40-18-23-56-49(32-40)47-12-7-9-15-54(47)67(56)58-25-20-42(46-22-21-45(61(62,63)64)35-53(46)66-6)34-51(58)60-52(65-5)14-11-17-59(60)68-55-16-10-8-13-48(55)50-33-41(19-24-57(50)68)44-30-38(3)27-39(4)31-44/h7-35H,1-4H3. The quantitative estimate of drug-likeness (QED) is 0.148. The Bertz CT molecular complexity index is 3940. The van der Waals surface area contributed by atoms with Crippen molar-refractivity contribution in [2.75, 3.05) is 0 Å². The number of fused-ring (bicyclic) bond motifs is 6. The number of aryl methyl sites for hydroxylation is 4. The summed E-state index contributed by atoms with van der Waals surface area (Å²) in [7, 11) is 0. The lowest BCUT2D eigenvalue weighted by Crippen LogP contribution is -2.04. The minimum Gasteiger partial charge on any atom is -0.310 e. The summed E-state index contributed by atoms with van der Waals surface area (Å²) in [5.41, 5.74) is 16.1. The fraction of sp³-hybridized carbons (Fsp3) is 0.0820. The Morgan fingerprint density at radius 3 is 1.41 bits per heavy atom. The SMILES string of the molecule is [C-]#[N+]c1cc(C(F)(F)F)ccc1-c1ccc(-n2c3ccccc3c3cc(-c4cc(C)cc(C)c4)ccc32)c(-c2c([N+]#[C-])cccc2-n2c3ccccc3c3cc(-c4cc(C)cc(C)c4)ccc32)c1. The Labute approximate surface area is 392 Å². The second-order valence-corrected chi connectivity index (χ2v) is 17.8. The summed E-state index contributed by atoms with van der Waals surface area (Å²) in [5, 5.41) is 4.20. The molecule has 0 atom stereocenters. The van der Waals surface area contributed by atoms with Gasteiger partial charge in [0.25, 0.3) is 0 Å². The molecule has 0 saturated carbocycles. The van der Waals surface area contributed by atoms with E-state index in [2.05, 4.69) is 144 Å². The van der Waals surface area contributed by atoms with Crippen molar-refractivity contribution in [2.24, 2.45) is 0 Å². The Morgan fingerprint density at radius 2 is 0.882 bits per heavy atom. The van der Waals surface area contributed by atoms with Crippen LogP contribution in [0.1, 0.15) is 27.8 Å². The largest absolute Gasteiger partial charge is 0.415 e. The molecule has 7 heteroatoms. The second kappa shape index (κ2) is 16.0. The molecular formula is C61H41F3N4. The number of hydrogen-bond donors (Lipinski definition) is 0. The maximum absolute atomic E-state index is 14.0. The van der Waals surface area contributed by atoms with Gasteiger partial charge in [-0.15, -0.1) is 0 Å². The molecule has 11 aromatic rings. The lowest BCUT2D eigenvalue weighted by molar-refractivity contribution is -0.137. The van der Waals surface area contributed by atoms with Crippen LogP contribution in [0.2, 0.25) is 0 Å². The monoisotopic (exact) mass is 886 g/mol. The zero-order chi connectivity index (χ0) is 47.0. The maximum atomic E-state index is 14.0. The predicted molar refractivity (Wildman–Crippen MR) is 273 cm³/mol. The molecule has 0 aliphatic carbocycles. The fourth-order valence-electron chi connectivity index (χ4n) is 10.3. The van der Waals surface area contributed by atoms with Gasteiger partial charge < -0.3 is 9.13 Å². The van der Waals surface area contributed by atoms with E-state index in [1.54, 1.807) is 0 Å². The van der Waals surface area contributed by atoms with Crippen LogP contribution < -0.4 is 0 Å². The van der Waals surface area contributed by atoms with Crippen molar-refractivity contribution in [3.8, 4) is 55.9 Å². The van der Waals surface area contributed by atoms with Crippen LogP contribution >= 0.6 is 0 Å². The molecule has 0 fully saturated rings. The molecule has 2 heterocycles. The lowest BCUT2D eigenvalue weighted by atomic mass is 9.93. The van der Waals surface area contributed by atoms with E-state index >= 15 is 0 Å². The summed E-state index contributed by atoms with van der Waals surface area (Å²) in [6.45, 7) is 25.2. The van der Waals surface area contributed by atoms with Crippen molar-refractivity contribution in [3.63, 3.8) is 0 Å². The number of hydrogen-bond acceptors (Lipinski definition) is 0. The predicted octanol–water partition coefficient (Wildman–Crippen LogP) is 17.9. The molecular weight excluding hydrogens is 846 g/mol. The van der Waals surface area contributed by atoms with E-state index in [0.29, 0.717) is 27.9 Å². The zero-order valence-electron chi connectivity index (χ0n) is 37.7. The highest BCUT2D eigenvalue weighted by atomic mass is 19.4. The smallest absolute Gasteiger partial charge is 0.310 e. The molecule has 0 unspecified atom stereocenters. The number of benzene rings is 9. The molecule has 0 amide bonds. The zero-order valence-corrected chi connectivity index (χ0v) is 37.7. The Balaban J connectivity index is 1.22. The van der Waals surface area contributed by atoms with Crippen molar-refractivity contribution < 1.29 is 13.2 Å². The van der Waals surface area contributed by atoms with Gasteiger partial charge in [-0.05, 0) is 127 Å². The van der Waals surface area contributed by atoms with Gasteiger partial charge in [0.05, 0.1) is 40.9 Å². The second-order valence-electron chi connectivity index (χ2n) is 17.8. The Kier molecular flexibility index (Phi) is 9.92. The number of nitrogens with zero attached hydrogens (tertiary/aromatic N) is 4. The summed E-state index contributed by atoms with van der Waals surface area (Å²) >= 11 is 0. The third-order valence-corrected chi connectivity index (χ3v) is 13.1. The first kappa shape index (κ1) is 42.0. The van der Waals surface area contributed by atoms with Gasteiger partial charge in [0.15, 0.2) is 11.4 Å². The number of para-hydroxylation sites is 2. The molecule has 68 heavy (non-hydrogen) atoms. The molecule has 4 nitrogen and oxygen atoms in total. The van der Waals surface area contributed by atoms with Crippen molar-refractivity contribution in [1.29, 1.82) is 0 Å². The molecule has 0 bridgehead atoms. The minimum atomic E-state index is -4.62. The molecule has 0 saturated heterocycles. The summed E-state index contributed by atoms with van der Waals surface area (Å²) in [6, 6.07) is 57.7. The average Bonchev–Trinajstić information content (AvgIpc) is 3.84. The van der Waals surface area contributed by atoms with Gasteiger partial charge in [-0.25, -0.2) is 9.69 Å². The molecule has 0 N–H and O–H groups in total. The highest BCUT2D eigenvalue weighted by molar-refractivity contribution is 6.13. The van der Waals surface area contributed by atoms with Crippen LogP contribution in [0, 0.1) is 40.8 Å². The summed E-state index contributed by atoms with van der Waals surface area (Å²) in [6.07, 6.45) is -4.62. The van der Waals surface area contributed by atoms with E-state index < -0.39 is 11.7 Å². The normalized spacial score (nSPS) is 11.7. The van der Waals surface area contributed by atoms with Gasteiger partial charge in [-0.1, -0.05) is 138 Å². The molecule has 0 aliphatic heterocycles. The first-order valence-corrected chi connectivity index (χ1v) is 22.4. The van der Waals surface area contributed by atoms with Gasteiger partial charge in [0, 0.05) is 38.4 Å². The molecule has 11 rings (SSSR count). The third-order valence-electron chi connectivity index (χ3n) is 13.1. The molecule has 0 aliphatic rings. The van der Waals surface area contributed by atoms with Gasteiger partial charge in [-0.2, -0.15) is 13.2 Å². The third kappa shape index (κ3) is 6.99. The molecule has 2 aromatic heterocycles. The van der Waals surface area contributed by atoms with Crippen molar-refractivity contribution in [2.45, 2.75) is 33.9 Å². The average molecular weight is 887 g/mol. The van der Waals surface area contributed by atoms with E-state index in [0.717, 1.165) is 89.4 Å². The van der Waals surface area contributed by atoms with E-state index in [9.17, 15) is 13.2 Å². The number of halogens is 3. The summed E-state index contributed by atoms with van der Waals surface area (Å²) in [4.78, 5) is 7.80. The van der Waals surface area contributed by atoms with Crippen LogP contribution in [-0.4, -0.2) is 9.13 Å². The fourth-order valence-corrected chi connectivity index (χ4v) is 10.3. The van der Waals surface area contributed by atoms with Crippen LogP contribution in [0.3, 0.4) is 0 Å². The van der Waals surface area contributed by atoms with Crippen molar-refractivity contribution in [3.05, 3.63) is 227 Å². The first-order chi connectivity index (χ1) is 32.9. The van der Waals surface area contributed by atoms with E-state index in [1.807, 2.05) is 60.7 Å². The van der Waals surface area contributed by atoms with Gasteiger partial charge in [0.1, 0.15) is 0 Å². The van der Waals surface area contributed by atoms with E-state index in [4.69, 9.17) is 13.1 Å². The van der Waals surface area contributed by atoms with Crippen LogP contribution in [0.5, 0.6) is 0 Å². The molecule has 0 spiro atoms. The van der Waals surface area contributed by atoms with Crippen LogP contribution in [0.15, 0.2) is 176 Å². The summed E-state index contributed by atoms with van der Waals surface area (Å²) in [5.74, 6) is 0. The highest BCUT2D eigenvalue weighted by Gasteiger charge is 2.31. The van der Waals surface area contributed by atoms with Crippen LogP contribution in [0.4, 0.5) is 24.5 Å². The number of aromatic nitrogens is 2. The first-order valence-electron chi connectivity index (χ1n) is 22.4. The van der Waals surface area contributed by atoms with Crippen molar-refractivity contribution in [1.82, 2.24) is 9.13 Å². The molecule has 326 valence electrons. The summed E-state index contributed by atoms with van der Waals surface area (Å²) < 4.78 is 46.6. The highest BCUT2D eigenvalue weighted by Crippen LogP contribution is 2.48. The van der Waals surface area contributed by atoms with E-state index in [1.165, 1.54) is 28.3 Å². The Hall–Kier alpha value is -8.65. The number of alkyl halides is 3. The van der Waals surface area contributed by atoms with Gasteiger partial charge in [-0.3, -0.25) is 0 Å². The van der Waals surface area contributed by atoms with Gasteiger partial charge >= 0.3 is 6.18 Å². The maximum Gasteiger partial charge on any atom is 0.415 e. The number of rotatable bonds is 6. The molecule has 9 aromatic carbocycles. The van der Waals surface area contributed by atoms with Crippen molar-refractivity contribution >= 4 is 55.0 Å². The van der Waals surface area contributed by atoms with Crippen LogP contribution in [0.25, 0.3) is 109 Å². The minimum absolute atomic E-state index is 0.116.